The molecule has 0 saturated carbocycles. The smallest absolute Gasteiger partial charge is 0.143 e. The zero-order chi connectivity index (χ0) is 31.9. The topological polar surface area (TPSA) is 16.4 Å². The molecule has 0 N–H and O–H groups in total. The van der Waals surface area contributed by atoms with Gasteiger partial charge in [0.2, 0.25) is 0 Å². The Labute approximate surface area is 279 Å². The lowest BCUT2D eigenvalue weighted by atomic mass is 9.96. The van der Waals surface area contributed by atoms with Crippen LogP contribution in [0.1, 0.15) is 0 Å². The molecule has 0 aliphatic rings. The van der Waals surface area contributed by atoms with Gasteiger partial charge >= 0.3 is 0 Å². The first kappa shape index (κ1) is 27.9. The fraction of sp³-hybridized carbons (Fsp3) is 0. The average molecular weight is 614 g/mol. The van der Waals surface area contributed by atoms with E-state index in [1.807, 2.05) is 12.1 Å². The number of nitrogens with zero attached hydrogens (tertiary/aromatic N) is 1. The van der Waals surface area contributed by atoms with Gasteiger partial charge in [-0.1, -0.05) is 140 Å². The van der Waals surface area contributed by atoms with Crippen molar-refractivity contribution in [2.45, 2.75) is 0 Å². The van der Waals surface area contributed by atoms with Gasteiger partial charge in [-0.25, -0.2) is 0 Å². The molecule has 0 aliphatic carbocycles. The number of anilines is 3. The lowest BCUT2D eigenvalue weighted by molar-refractivity contribution is 0.673. The number of rotatable bonds is 6. The van der Waals surface area contributed by atoms with E-state index >= 15 is 0 Å². The monoisotopic (exact) mass is 613 g/mol. The Hall–Kier alpha value is -6.38. The van der Waals surface area contributed by atoms with E-state index in [0.29, 0.717) is 0 Å². The van der Waals surface area contributed by atoms with Crippen LogP contribution in [-0.2, 0) is 0 Å². The second-order valence-electron chi connectivity index (χ2n) is 12.2. The summed E-state index contributed by atoms with van der Waals surface area (Å²) in [5.41, 5.74) is 12.2. The fourth-order valence-corrected chi connectivity index (χ4v) is 6.92. The summed E-state index contributed by atoms with van der Waals surface area (Å²) < 4.78 is 6.49. The third-order valence-corrected chi connectivity index (χ3v) is 9.27. The van der Waals surface area contributed by atoms with Crippen molar-refractivity contribution in [3.05, 3.63) is 188 Å². The van der Waals surface area contributed by atoms with E-state index in [-0.39, 0.29) is 0 Å². The number of hydrogen-bond acceptors (Lipinski definition) is 2. The lowest BCUT2D eigenvalue weighted by Gasteiger charge is -2.26. The van der Waals surface area contributed by atoms with Crippen molar-refractivity contribution in [1.82, 2.24) is 0 Å². The van der Waals surface area contributed by atoms with Gasteiger partial charge < -0.3 is 9.32 Å². The predicted octanol–water partition coefficient (Wildman–Crippen LogP) is 13.2. The standard InChI is InChI=1S/C46H31NO/c1-3-11-32(12-4-1)34-21-26-38(27-22-34)47(40-17-9-16-37(31-40)33-13-5-2-6-14-33)39-28-23-35(24-29-39)41-19-10-15-36-25-30-43-42-18-7-8-20-44(42)48-46(43)45(36)41/h1-31H. The van der Waals surface area contributed by atoms with Gasteiger partial charge in [-0.05, 0) is 87.3 Å². The Kier molecular flexibility index (Phi) is 6.84. The van der Waals surface area contributed by atoms with Crippen LogP contribution in [-0.4, -0.2) is 0 Å². The van der Waals surface area contributed by atoms with E-state index in [2.05, 4.69) is 181 Å². The molecule has 9 aromatic rings. The first-order valence-electron chi connectivity index (χ1n) is 16.3. The molecule has 2 heteroatoms. The number of para-hydroxylation sites is 1. The Morgan fingerprint density at radius 3 is 1.67 bits per heavy atom. The summed E-state index contributed by atoms with van der Waals surface area (Å²) in [5, 5.41) is 4.60. The van der Waals surface area contributed by atoms with Gasteiger partial charge in [0.25, 0.3) is 0 Å². The zero-order valence-electron chi connectivity index (χ0n) is 26.3. The summed E-state index contributed by atoms with van der Waals surface area (Å²) in [6.07, 6.45) is 0. The van der Waals surface area contributed by atoms with Crippen LogP contribution < -0.4 is 4.90 Å². The summed E-state index contributed by atoms with van der Waals surface area (Å²) in [4.78, 5) is 2.34. The summed E-state index contributed by atoms with van der Waals surface area (Å²) in [6.45, 7) is 0. The van der Waals surface area contributed by atoms with Gasteiger partial charge in [0.1, 0.15) is 11.2 Å². The molecule has 1 aromatic heterocycles. The molecule has 0 bridgehead atoms. The molecule has 1 heterocycles. The minimum Gasteiger partial charge on any atom is -0.455 e. The van der Waals surface area contributed by atoms with Crippen LogP contribution in [0.4, 0.5) is 17.1 Å². The third kappa shape index (κ3) is 4.92. The quantitative estimate of drug-likeness (QED) is 0.185. The highest BCUT2D eigenvalue weighted by atomic mass is 16.3. The summed E-state index contributed by atoms with van der Waals surface area (Å²) >= 11 is 0. The normalized spacial score (nSPS) is 11.3. The highest BCUT2D eigenvalue weighted by Crippen LogP contribution is 2.41. The van der Waals surface area contributed by atoms with E-state index in [0.717, 1.165) is 55.5 Å². The molecule has 0 atom stereocenters. The molecule has 48 heavy (non-hydrogen) atoms. The van der Waals surface area contributed by atoms with Gasteiger partial charge in [0.05, 0.1) is 0 Å². The van der Waals surface area contributed by atoms with Gasteiger partial charge in [0, 0.05) is 33.2 Å². The van der Waals surface area contributed by atoms with Crippen molar-refractivity contribution >= 4 is 49.8 Å². The molecule has 8 aromatic carbocycles. The Bertz CT molecular complexity index is 2530. The van der Waals surface area contributed by atoms with Crippen molar-refractivity contribution in [2.75, 3.05) is 4.90 Å². The maximum absolute atomic E-state index is 6.49. The number of hydrogen-bond donors (Lipinski definition) is 0. The molecule has 0 fully saturated rings. The SMILES string of the molecule is c1ccc(-c2ccc(N(c3ccc(-c4cccc5ccc6c7ccccc7oc6c45)cc3)c3cccc(-c4ccccc4)c3)cc2)cc1. The van der Waals surface area contributed by atoms with E-state index in [1.54, 1.807) is 0 Å². The molecular formula is C46H31NO. The second-order valence-corrected chi connectivity index (χ2v) is 12.2. The average Bonchev–Trinajstić information content (AvgIpc) is 3.55. The highest BCUT2D eigenvalue weighted by molar-refractivity contribution is 6.18. The molecule has 0 radical (unpaired) electrons. The first-order valence-corrected chi connectivity index (χ1v) is 16.3. The maximum atomic E-state index is 6.49. The number of furan rings is 1. The van der Waals surface area contributed by atoms with Crippen molar-refractivity contribution in [3.8, 4) is 33.4 Å². The van der Waals surface area contributed by atoms with Gasteiger partial charge in [-0.2, -0.15) is 0 Å². The zero-order valence-corrected chi connectivity index (χ0v) is 26.3. The Morgan fingerprint density at radius 1 is 0.354 bits per heavy atom. The van der Waals surface area contributed by atoms with Gasteiger partial charge in [0.15, 0.2) is 0 Å². The molecule has 0 unspecified atom stereocenters. The molecular weight excluding hydrogens is 583 g/mol. The van der Waals surface area contributed by atoms with Gasteiger partial charge in [-0.3, -0.25) is 0 Å². The van der Waals surface area contributed by atoms with Crippen molar-refractivity contribution < 1.29 is 4.42 Å². The fourth-order valence-electron chi connectivity index (χ4n) is 6.92. The van der Waals surface area contributed by atoms with Crippen LogP contribution in [0.25, 0.3) is 66.1 Å². The van der Waals surface area contributed by atoms with Crippen LogP contribution in [0.15, 0.2) is 192 Å². The molecule has 9 rings (SSSR count). The molecule has 0 saturated heterocycles. The second kappa shape index (κ2) is 11.8. The highest BCUT2D eigenvalue weighted by Gasteiger charge is 2.17. The minimum absolute atomic E-state index is 0.914. The molecule has 2 nitrogen and oxygen atoms in total. The van der Waals surface area contributed by atoms with Crippen LogP contribution in [0, 0.1) is 0 Å². The predicted molar refractivity (Wildman–Crippen MR) is 202 cm³/mol. The largest absolute Gasteiger partial charge is 0.455 e. The van der Waals surface area contributed by atoms with Crippen molar-refractivity contribution in [2.24, 2.45) is 0 Å². The number of fused-ring (bicyclic) bond motifs is 5. The van der Waals surface area contributed by atoms with E-state index in [9.17, 15) is 0 Å². The molecule has 0 aliphatic heterocycles. The molecule has 226 valence electrons. The van der Waals surface area contributed by atoms with E-state index in [1.165, 1.54) is 27.6 Å². The van der Waals surface area contributed by atoms with Crippen LogP contribution >= 0.6 is 0 Å². The first-order chi connectivity index (χ1) is 23.8. The lowest BCUT2D eigenvalue weighted by Crippen LogP contribution is -2.10. The minimum atomic E-state index is 0.914. The molecule has 0 amide bonds. The van der Waals surface area contributed by atoms with Crippen LogP contribution in [0.2, 0.25) is 0 Å². The van der Waals surface area contributed by atoms with E-state index < -0.39 is 0 Å². The summed E-state index contributed by atoms with van der Waals surface area (Å²) in [7, 11) is 0. The van der Waals surface area contributed by atoms with Crippen molar-refractivity contribution in [3.63, 3.8) is 0 Å². The van der Waals surface area contributed by atoms with Crippen LogP contribution in [0.3, 0.4) is 0 Å². The Balaban J connectivity index is 1.16. The number of benzene rings is 8. The van der Waals surface area contributed by atoms with Crippen LogP contribution in [0.5, 0.6) is 0 Å². The summed E-state index contributed by atoms with van der Waals surface area (Å²) in [6, 6.07) is 66.8. The van der Waals surface area contributed by atoms with E-state index in [4.69, 9.17) is 4.42 Å². The Morgan fingerprint density at radius 2 is 0.938 bits per heavy atom. The molecule has 0 spiro atoms. The van der Waals surface area contributed by atoms with Crippen molar-refractivity contribution in [1.29, 1.82) is 0 Å². The third-order valence-electron chi connectivity index (χ3n) is 9.27. The maximum Gasteiger partial charge on any atom is 0.143 e. The summed E-state index contributed by atoms with van der Waals surface area (Å²) in [5.74, 6) is 0. The van der Waals surface area contributed by atoms with Gasteiger partial charge in [-0.15, -0.1) is 0 Å².